The number of hydrogen-bond acceptors (Lipinski definition) is 1. The number of piperidine rings is 1. The van der Waals surface area contributed by atoms with Crippen molar-refractivity contribution < 1.29 is 4.39 Å². The molecule has 0 aromatic heterocycles. The zero-order valence-corrected chi connectivity index (χ0v) is 12.8. The summed E-state index contributed by atoms with van der Waals surface area (Å²) >= 11 is 5.98. The van der Waals surface area contributed by atoms with Crippen molar-refractivity contribution >= 4 is 11.6 Å². The molecule has 1 saturated heterocycles. The van der Waals surface area contributed by atoms with E-state index in [-0.39, 0.29) is 5.82 Å². The van der Waals surface area contributed by atoms with E-state index in [1.165, 1.54) is 11.1 Å². The average molecular weight is 304 g/mol. The van der Waals surface area contributed by atoms with E-state index < -0.39 is 0 Å². The van der Waals surface area contributed by atoms with Crippen LogP contribution in [-0.4, -0.2) is 13.1 Å². The van der Waals surface area contributed by atoms with E-state index in [9.17, 15) is 4.39 Å². The lowest BCUT2D eigenvalue weighted by molar-refractivity contribution is 0.403. The lowest BCUT2D eigenvalue weighted by Gasteiger charge is -2.33. The monoisotopic (exact) mass is 303 g/mol. The smallest absolute Gasteiger partial charge is 0.126 e. The Morgan fingerprint density at radius 1 is 1.05 bits per heavy atom. The molecule has 1 nitrogen and oxygen atoms in total. The maximum Gasteiger partial charge on any atom is 0.126 e. The molecule has 2 aromatic rings. The topological polar surface area (TPSA) is 12.0 Å². The Bertz CT molecular complexity index is 624. The summed E-state index contributed by atoms with van der Waals surface area (Å²) in [5.41, 5.74) is 3.25. The predicted molar refractivity (Wildman–Crippen MR) is 85.6 cm³/mol. The molecule has 2 aromatic carbocycles. The van der Waals surface area contributed by atoms with Crippen LogP contribution in [0.5, 0.6) is 0 Å². The van der Waals surface area contributed by atoms with Crippen molar-refractivity contribution in [2.24, 2.45) is 0 Å². The Kier molecular flexibility index (Phi) is 4.27. The van der Waals surface area contributed by atoms with Gasteiger partial charge in [0.05, 0.1) is 0 Å². The second kappa shape index (κ2) is 6.17. The molecule has 0 radical (unpaired) electrons. The zero-order chi connectivity index (χ0) is 14.8. The summed E-state index contributed by atoms with van der Waals surface area (Å²) in [5, 5.41) is 4.23. The van der Waals surface area contributed by atoms with Crippen LogP contribution in [-0.2, 0) is 0 Å². The third-order valence-corrected chi connectivity index (χ3v) is 4.64. The number of halogens is 2. The molecule has 0 saturated carbocycles. The van der Waals surface area contributed by atoms with Gasteiger partial charge in [0.25, 0.3) is 0 Å². The Balaban J connectivity index is 1.94. The van der Waals surface area contributed by atoms with Gasteiger partial charge in [-0.25, -0.2) is 4.39 Å². The number of nitrogens with one attached hydrogen (secondary N) is 1. The third kappa shape index (κ3) is 3.12. The van der Waals surface area contributed by atoms with Crippen LogP contribution < -0.4 is 5.32 Å². The molecule has 3 heteroatoms. The number of aryl methyl sites for hydroxylation is 1. The number of hydrogen-bond donors (Lipinski definition) is 1. The minimum atomic E-state index is -0.129. The van der Waals surface area contributed by atoms with E-state index in [2.05, 4.69) is 17.4 Å². The molecule has 21 heavy (non-hydrogen) atoms. The quantitative estimate of drug-likeness (QED) is 0.851. The van der Waals surface area contributed by atoms with E-state index >= 15 is 0 Å². The largest absolute Gasteiger partial charge is 0.316 e. The highest BCUT2D eigenvalue weighted by atomic mass is 35.5. The van der Waals surface area contributed by atoms with Crippen LogP contribution in [0.2, 0.25) is 5.02 Å². The summed E-state index contributed by atoms with van der Waals surface area (Å²) in [4.78, 5) is 0. The molecule has 110 valence electrons. The lowest BCUT2D eigenvalue weighted by atomic mass is 9.77. The molecule has 0 aliphatic carbocycles. The van der Waals surface area contributed by atoms with Crippen LogP contribution in [0, 0.1) is 12.7 Å². The van der Waals surface area contributed by atoms with Crippen molar-refractivity contribution in [3.63, 3.8) is 0 Å². The molecule has 0 amide bonds. The minimum Gasteiger partial charge on any atom is -0.316 e. The summed E-state index contributed by atoms with van der Waals surface area (Å²) in [6, 6.07) is 13.6. The third-order valence-electron chi connectivity index (χ3n) is 4.39. The average Bonchev–Trinajstić information content (AvgIpc) is 2.51. The fraction of sp³-hybridized carbons (Fsp3) is 0.333. The van der Waals surface area contributed by atoms with E-state index in [1.54, 1.807) is 6.07 Å². The highest BCUT2D eigenvalue weighted by Crippen LogP contribution is 2.38. The van der Waals surface area contributed by atoms with Gasteiger partial charge in [-0.2, -0.15) is 0 Å². The van der Waals surface area contributed by atoms with Gasteiger partial charge in [0.15, 0.2) is 0 Å². The van der Waals surface area contributed by atoms with Crippen LogP contribution in [0.15, 0.2) is 42.5 Å². The van der Waals surface area contributed by atoms with Gasteiger partial charge in [0, 0.05) is 17.5 Å². The Morgan fingerprint density at radius 2 is 1.76 bits per heavy atom. The van der Waals surface area contributed by atoms with Gasteiger partial charge < -0.3 is 5.32 Å². The van der Waals surface area contributed by atoms with E-state index in [0.717, 1.165) is 30.1 Å². The molecule has 1 N–H and O–H groups in total. The fourth-order valence-electron chi connectivity index (χ4n) is 3.22. The summed E-state index contributed by atoms with van der Waals surface area (Å²) in [7, 11) is 0. The van der Waals surface area contributed by atoms with Gasteiger partial charge in [-0.3, -0.25) is 0 Å². The normalized spacial score (nSPS) is 22.2. The van der Waals surface area contributed by atoms with Gasteiger partial charge >= 0.3 is 0 Å². The molecular formula is C18H19ClFN. The standard InChI is InChI=1S/C18H19ClFN/c1-12-10-14(4-7-18(12)20)16-8-9-21-11-17(16)13-2-5-15(19)6-3-13/h2-7,10,16-17,21H,8-9,11H2,1H3. The summed E-state index contributed by atoms with van der Waals surface area (Å²) in [6.07, 6.45) is 1.07. The van der Waals surface area contributed by atoms with Crippen molar-refractivity contribution in [1.82, 2.24) is 5.32 Å². The van der Waals surface area contributed by atoms with Crippen LogP contribution in [0.25, 0.3) is 0 Å². The SMILES string of the molecule is Cc1cc(C2CCNCC2c2ccc(Cl)cc2)ccc1F. The van der Waals surface area contributed by atoms with E-state index in [4.69, 9.17) is 11.6 Å². The molecule has 1 aliphatic rings. The molecule has 0 spiro atoms. The molecule has 0 bridgehead atoms. The van der Waals surface area contributed by atoms with E-state index in [0.29, 0.717) is 11.8 Å². The first-order valence-electron chi connectivity index (χ1n) is 7.37. The van der Waals surface area contributed by atoms with Crippen molar-refractivity contribution in [3.05, 3.63) is 70.0 Å². The summed E-state index contributed by atoms with van der Waals surface area (Å²) in [5.74, 6) is 0.698. The summed E-state index contributed by atoms with van der Waals surface area (Å²) < 4.78 is 13.5. The van der Waals surface area contributed by atoms with Gasteiger partial charge in [0.1, 0.15) is 5.82 Å². The number of rotatable bonds is 2. The van der Waals surface area contributed by atoms with Gasteiger partial charge in [0.2, 0.25) is 0 Å². The number of benzene rings is 2. The zero-order valence-electron chi connectivity index (χ0n) is 12.1. The second-order valence-electron chi connectivity index (χ2n) is 5.77. The molecule has 1 heterocycles. The second-order valence-corrected chi connectivity index (χ2v) is 6.20. The Morgan fingerprint density at radius 3 is 2.48 bits per heavy atom. The first-order valence-corrected chi connectivity index (χ1v) is 7.75. The van der Waals surface area contributed by atoms with Crippen molar-refractivity contribution in [2.45, 2.75) is 25.2 Å². The molecule has 1 aliphatic heterocycles. The Labute approximate surface area is 130 Å². The lowest BCUT2D eigenvalue weighted by Crippen LogP contribution is -2.34. The first-order chi connectivity index (χ1) is 10.1. The van der Waals surface area contributed by atoms with E-state index in [1.807, 2.05) is 31.2 Å². The van der Waals surface area contributed by atoms with Crippen LogP contribution in [0.1, 0.15) is 34.9 Å². The predicted octanol–water partition coefficient (Wildman–Crippen LogP) is 4.65. The maximum atomic E-state index is 13.5. The van der Waals surface area contributed by atoms with Crippen LogP contribution in [0.4, 0.5) is 4.39 Å². The van der Waals surface area contributed by atoms with Gasteiger partial charge in [-0.15, -0.1) is 0 Å². The van der Waals surface area contributed by atoms with Crippen LogP contribution in [0.3, 0.4) is 0 Å². The Hall–Kier alpha value is -1.38. The highest BCUT2D eigenvalue weighted by Gasteiger charge is 2.27. The van der Waals surface area contributed by atoms with Gasteiger partial charge in [-0.05, 0) is 60.7 Å². The maximum absolute atomic E-state index is 13.5. The minimum absolute atomic E-state index is 0.129. The summed E-state index contributed by atoms with van der Waals surface area (Å²) in [6.45, 7) is 3.78. The molecule has 2 atom stereocenters. The molecular weight excluding hydrogens is 285 g/mol. The first kappa shape index (κ1) is 14.6. The van der Waals surface area contributed by atoms with Crippen LogP contribution >= 0.6 is 11.6 Å². The molecule has 1 fully saturated rings. The molecule has 3 rings (SSSR count). The van der Waals surface area contributed by atoms with Crippen molar-refractivity contribution in [3.8, 4) is 0 Å². The molecule has 2 unspecified atom stereocenters. The van der Waals surface area contributed by atoms with Crippen molar-refractivity contribution in [2.75, 3.05) is 13.1 Å². The fourth-order valence-corrected chi connectivity index (χ4v) is 3.34. The van der Waals surface area contributed by atoms with Gasteiger partial charge in [-0.1, -0.05) is 35.9 Å². The van der Waals surface area contributed by atoms with Crippen molar-refractivity contribution in [1.29, 1.82) is 0 Å². The highest BCUT2D eigenvalue weighted by molar-refractivity contribution is 6.30.